The molecule has 208 valence electrons. The van der Waals surface area contributed by atoms with E-state index in [1.54, 1.807) is 13.0 Å². The van der Waals surface area contributed by atoms with Crippen molar-refractivity contribution in [2.24, 2.45) is 5.92 Å². The molecule has 39 heavy (non-hydrogen) atoms. The molecule has 7 heteroatoms. The summed E-state index contributed by atoms with van der Waals surface area (Å²) in [5.74, 6) is -5.60. The lowest BCUT2D eigenvalue weighted by molar-refractivity contribution is 0.302. The minimum atomic E-state index is -1.43. The number of fused-ring (bicyclic) bond motifs is 3. The number of ether oxygens (including phenoxy) is 1. The lowest BCUT2D eigenvalue weighted by Gasteiger charge is -2.29. The van der Waals surface area contributed by atoms with Crippen LogP contribution in [0.15, 0.2) is 34.7 Å². The molecule has 3 aromatic carbocycles. The lowest BCUT2D eigenvalue weighted by atomic mass is 9.77. The number of benzene rings is 3. The van der Waals surface area contributed by atoms with Crippen LogP contribution in [0.1, 0.15) is 83.1 Å². The first-order valence-corrected chi connectivity index (χ1v) is 14.0. The highest BCUT2D eigenvalue weighted by Gasteiger charge is 2.27. The van der Waals surface area contributed by atoms with Gasteiger partial charge >= 0.3 is 0 Å². The largest absolute Gasteiger partial charge is 0.491 e. The van der Waals surface area contributed by atoms with Crippen LogP contribution < -0.4 is 4.74 Å². The summed E-state index contributed by atoms with van der Waals surface area (Å²) >= 11 is 0. The van der Waals surface area contributed by atoms with Crippen molar-refractivity contribution in [2.75, 3.05) is 6.61 Å². The molecule has 1 aromatic heterocycles. The van der Waals surface area contributed by atoms with Crippen LogP contribution in [0.2, 0.25) is 0 Å². The van der Waals surface area contributed by atoms with E-state index in [1.807, 2.05) is 0 Å². The molecule has 0 spiro atoms. The average Bonchev–Trinajstić information content (AvgIpc) is 3.30. The second-order valence-electron chi connectivity index (χ2n) is 10.6. The Kier molecular flexibility index (Phi) is 8.15. The maximum Gasteiger partial charge on any atom is 0.201 e. The maximum absolute atomic E-state index is 15.3. The molecule has 1 heterocycles. The molecule has 5 rings (SSSR count). The van der Waals surface area contributed by atoms with Crippen molar-refractivity contribution in [2.45, 2.75) is 77.6 Å². The van der Waals surface area contributed by atoms with Crippen LogP contribution in [-0.2, 0) is 0 Å². The summed E-state index contributed by atoms with van der Waals surface area (Å²) < 4.78 is 85.8. The molecule has 0 atom stereocenters. The summed E-state index contributed by atoms with van der Waals surface area (Å²) in [4.78, 5) is 0. The third-order valence-electron chi connectivity index (χ3n) is 8.14. The fraction of sp³-hybridized carbons (Fsp3) is 0.438. The van der Waals surface area contributed by atoms with Gasteiger partial charge in [0, 0.05) is 17.2 Å². The van der Waals surface area contributed by atoms with Crippen LogP contribution in [0.5, 0.6) is 5.75 Å². The molecule has 0 N–H and O–H groups in total. The maximum atomic E-state index is 15.3. The van der Waals surface area contributed by atoms with Gasteiger partial charge in [-0.2, -0.15) is 4.39 Å². The van der Waals surface area contributed by atoms with Crippen LogP contribution in [0.3, 0.4) is 0 Å². The Morgan fingerprint density at radius 1 is 0.744 bits per heavy atom. The highest BCUT2D eigenvalue weighted by atomic mass is 19.2. The van der Waals surface area contributed by atoms with E-state index in [4.69, 9.17) is 9.15 Å². The number of unbranched alkanes of at least 4 members (excludes halogenated alkanes) is 3. The van der Waals surface area contributed by atoms with Gasteiger partial charge in [0.05, 0.1) is 17.4 Å². The molecule has 2 nitrogen and oxygen atoms in total. The molecule has 0 unspecified atom stereocenters. The zero-order chi connectivity index (χ0) is 27.7. The van der Waals surface area contributed by atoms with E-state index < -0.39 is 45.6 Å². The van der Waals surface area contributed by atoms with Crippen LogP contribution in [0, 0.1) is 35.0 Å². The molecule has 0 saturated heterocycles. The predicted molar refractivity (Wildman–Crippen MR) is 144 cm³/mol. The van der Waals surface area contributed by atoms with E-state index in [0.717, 1.165) is 49.3 Å². The van der Waals surface area contributed by atoms with Crippen molar-refractivity contribution in [1.29, 1.82) is 0 Å². The van der Waals surface area contributed by atoms with Crippen molar-refractivity contribution >= 4 is 21.9 Å². The lowest BCUT2D eigenvalue weighted by Crippen LogP contribution is -2.13. The monoisotopic (exact) mass is 544 g/mol. The molecule has 4 aromatic rings. The zero-order valence-corrected chi connectivity index (χ0v) is 22.3. The smallest absolute Gasteiger partial charge is 0.201 e. The van der Waals surface area contributed by atoms with E-state index in [2.05, 4.69) is 6.92 Å². The van der Waals surface area contributed by atoms with Gasteiger partial charge in [-0.15, -0.1) is 0 Å². The number of hydrogen-bond donors (Lipinski definition) is 0. The zero-order valence-electron chi connectivity index (χ0n) is 22.3. The molecule has 0 radical (unpaired) electrons. The molecule has 0 aliphatic heterocycles. The molecule has 1 saturated carbocycles. The first kappa shape index (κ1) is 27.5. The summed E-state index contributed by atoms with van der Waals surface area (Å²) in [5, 5.41) is -1.06. The van der Waals surface area contributed by atoms with Crippen molar-refractivity contribution in [1.82, 2.24) is 0 Å². The van der Waals surface area contributed by atoms with Gasteiger partial charge in [0.15, 0.2) is 23.2 Å². The minimum Gasteiger partial charge on any atom is -0.491 e. The summed E-state index contributed by atoms with van der Waals surface area (Å²) in [6.45, 7) is 3.88. The quantitative estimate of drug-likeness (QED) is 0.154. The SMILES string of the molecule is CCCCCCC1CCC(c2ccc(-c3cc4oc5cc(OCC)c(F)c(F)c5c4c(F)c3F)c(F)c2)CC1. The van der Waals surface area contributed by atoms with Gasteiger partial charge in [-0.05, 0) is 62.1 Å². The highest BCUT2D eigenvalue weighted by molar-refractivity contribution is 6.07. The van der Waals surface area contributed by atoms with Crippen LogP contribution in [0.4, 0.5) is 22.0 Å². The van der Waals surface area contributed by atoms with Gasteiger partial charge in [0.25, 0.3) is 0 Å². The van der Waals surface area contributed by atoms with E-state index >= 15 is 13.2 Å². The minimum absolute atomic E-state index is 0.0744. The molecule has 1 aliphatic rings. The second kappa shape index (κ2) is 11.6. The Labute approximate surface area is 225 Å². The standard InChI is InChI=1S/C32H33F5O2/c1-3-5-6-7-8-18-9-11-19(12-10-18)20-13-14-21(23(33)15-20)22-16-24-27(31(36)29(22)34)28-25(39-24)17-26(38-4-2)30(35)32(28)37/h13-19H,3-12H2,1-2H3. The predicted octanol–water partition coefficient (Wildman–Crippen LogP) is 10.6. The Bertz CT molecular complexity index is 1480. The van der Waals surface area contributed by atoms with Crippen LogP contribution >= 0.6 is 0 Å². The Morgan fingerprint density at radius 3 is 2.10 bits per heavy atom. The fourth-order valence-electron chi connectivity index (χ4n) is 6.03. The van der Waals surface area contributed by atoms with Crippen molar-refractivity contribution in [3.8, 4) is 16.9 Å². The second-order valence-corrected chi connectivity index (χ2v) is 10.6. The van der Waals surface area contributed by atoms with Crippen molar-refractivity contribution in [3.05, 3.63) is 65.0 Å². The Balaban J connectivity index is 1.42. The third kappa shape index (κ3) is 5.24. The normalized spacial score (nSPS) is 17.8. The summed E-state index contributed by atoms with van der Waals surface area (Å²) in [6.07, 6.45) is 10.5. The van der Waals surface area contributed by atoms with Crippen LogP contribution in [0.25, 0.3) is 33.1 Å². The summed E-state index contributed by atoms with van der Waals surface area (Å²) in [6, 6.07) is 6.87. The molecular formula is C32H33F5O2. The average molecular weight is 545 g/mol. The molecule has 1 fully saturated rings. The first-order valence-electron chi connectivity index (χ1n) is 14.0. The number of furan rings is 1. The van der Waals surface area contributed by atoms with Gasteiger partial charge in [-0.3, -0.25) is 0 Å². The third-order valence-corrected chi connectivity index (χ3v) is 8.14. The van der Waals surface area contributed by atoms with Gasteiger partial charge in [-0.1, -0.05) is 51.2 Å². The van der Waals surface area contributed by atoms with Gasteiger partial charge in [-0.25, -0.2) is 17.6 Å². The van der Waals surface area contributed by atoms with Gasteiger partial charge in [0.2, 0.25) is 5.82 Å². The first-order chi connectivity index (χ1) is 18.8. The topological polar surface area (TPSA) is 22.4 Å². The van der Waals surface area contributed by atoms with Gasteiger partial charge < -0.3 is 9.15 Å². The molecular weight excluding hydrogens is 511 g/mol. The van der Waals surface area contributed by atoms with E-state index in [0.29, 0.717) is 0 Å². The van der Waals surface area contributed by atoms with Crippen molar-refractivity contribution < 1.29 is 31.1 Å². The number of rotatable bonds is 9. The van der Waals surface area contributed by atoms with E-state index in [1.165, 1.54) is 44.2 Å². The van der Waals surface area contributed by atoms with E-state index in [-0.39, 0.29) is 34.8 Å². The number of hydrogen-bond acceptors (Lipinski definition) is 2. The van der Waals surface area contributed by atoms with Crippen LogP contribution in [-0.4, -0.2) is 6.61 Å². The van der Waals surface area contributed by atoms with Gasteiger partial charge in [0.1, 0.15) is 17.0 Å². The molecule has 1 aliphatic carbocycles. The van der Waals surface area contributed by atoms with Crippen molar-refractivity contribution in [3.63, 3.8) is 0 Å². The fourth-order valence-corrected chi connectivity index (χ4v) is 6.03. The Morgan fingerprint density at radius 2 is 1.44 bits per heavy atom. The molecule has 0 bridgehead atoms. The molecule has 0 amide bonds. The van der Waals surface area contributed by atoms with E-state index in [9.17, 15) is 8.78 Å². The highest BCUT2D eigenvalue weighted by Crippen LogP contribution is 2.42. The summed E-state index contributed by atoms with van der Waals surface area (Å²) in [7, 11) is 0. The Hall–Kier alpha value is -3.09. The summed E-state index contributed by atoms with van der Waals surface area (Å²) in [5.41, 5.74) is -0.0212. The number of halogens is 5.